The van der Waals surface area contributed by atoms with Crippen LogP contribution in [0, 0.1) is 12.8 Å². The second-order valence-electron chi connectivity index (χ2n) is 6.37. The van der Waals surface area contributed by atoms with E-state index < -0.39 is 0 Å². The lowest BCUT2D eigenvalue weighted by Crippen LogP contribution is -2.38. The summed E-state index contributed by atoms with van der Waals surface area (Å²) in [4.78, 5) is 26.2. The van der Waals surface area contributed by atoms with Gasteiger partial charge in [0.2, 0.25) is 11.8 Å². The van der Waals surface area contributed by atoms with Crippen molar-refractivity contribution in [3.63, 3.8) is 0 Å². The minimum Gasteiger partial charge on any atom is -0.492 e. The van der Waals surface area contributed by atoms with Crippen molar-refractivity contribution in [3.8, 4) is 5.75 Å². The zero-order valence-electron chi connectivity index (χ0n) is 14.9. The Labute approximate surface area is 144 Å². The lowest BCUT2D eigenvalue weighted by molar-refractivity contribution is -0.130. The largest absolute Gasteiger partial charge is 0.492 e. The fourth-order valence-electron chi connectivity index (χ4n) is 3.18. The monoisotopic (exact) mass is 332 g/mol. The molecule has 0 aromatic heterocycles. The molecule has 1 aliphatic heterocycles. The molecule has 2 rings (SSSR count). The van der Waals surface area contributed by atoms with Gasteiger partial charge in [-0.25, -0.2) is 0 Å². The maximum Gasteiger partial charge on any atom is 0.225 e. The summed E-state index contributed by atoms with van der Waals surface area (Å²) in [5.74, 6) is 0.613. The number of carbonyl (C=O) groups is 2. The number of hydrogen-bond donors (Lipinski definition) is 1. The number of aryl methyl sites for hydroxylation is 1. The Morgan fingerprint density at radius 2 is 2.12 bits per heavy atom. The smallest absolute Gasteiger partial charge is 0.225 e. The third kappa shape index (κ3) is 4.73. The summed E-state index contributed by atoms with van der Waals surface area (Å²) in [7, 11) is 0. The zero-order valence-corrected chi connectivity index (χ0v) is 14.9. The first kappa shape index (κ1) is 18.3. The predicted octanol–water partition coefficient (Wildman–Crippen LogP) is 2.53. The minimum absolute atomic E-state index is 0.0513. The first-order valence-corrected chi connectivity index (χ1v) is 8.81. The van der Waals surface area contributed by atoms with Crippen molar-refractivity contribution in [2.75, 3.05) is 19.7 Å². The molecule has 1 fully saturated rings. The van der Waals surface area contributed by atoms with E-state index in [-0.39, 0.29) is 23.8 Å². The highest BCUT2D eigenvalue weighted by molar-refractivity contribution is 5.89. The maximum absolute atomic E-state index is 12.3. The van der Waals surface area contributed by atoms with Crippen LogP contribution in [-0.2, 0) is 9.59 Å². The first-order valence-electron chi connectivity index (χ1n) is 8.81. The van der Waals surface area contributed by atoms with E-state index >= 15 is 0 Å². The van der Waals surface area contributed by atoms with Crippen molar-refractivity contribution in [1.82, 2.24) is 10.2 Å². The summed E-state index contributed by atoms with van der Waals surface area (Å²) in [5, 5.41) is 2.88. The van der Waals surface area contributed by atoms with Crippen LogP contribution in [0.4, 0.5) is 0 Å². The van der Waals surface area contributed by atoms with E-state index in [1.807, 2.05) is 36.1 Å². The summed E-state index contributed by atoms with van der Waals surface area (Å²) in [6.45, 7) is 7.58. The van der Waals surface area contributed by atoms with E-state index in [4.69, 9.17) is 4.74 Å². The molecule has 0 radical (unpaired) electrons. The van der Waals surface area contributed by atoms with Crippen LogP contribution in [0.5, 0.6) is 5.75 Å². The van der Waals surface area contributed by atoms with E-state index in [1.54, 1.807) is 0 Å². The summed E-state index contributed by atoms with van der Waals surface area (Å²) < 4.78 is 5.62. The van der Waals surface area contributed by atoms with Crippen molar-refractivity contribution in [2.45, 2.75) is 46.1 Å². The molecule has 1 N–H and O–H groups in total. The van der Waals surface area contributed by atoms with Crippen LogP contribution in [-0.4, -0.2) is 42.5 Å². The number of amides is 2. The van der Waals surface area contributed by atoms with E-state index in [9.17, 15) is 9.59 Å². The summed E-state index contributed by atoms with van der Waals surface area (Å²) in [6, 6.07) is 8.07. The molecule has 24 heavy (non-hydrogen) atoms. The standard InChI is InChI=1S/C19H28N2O3/c1-4-16(5-2)21-13-15(12-18(21)22)19(23)20-9-10-24-17-8-6-7-14(3)11-17/h6-8,11,15-16H,4-5,9-10,12-13H2,1-3H3,(H,20,23). The third-order valence-electron chi connectivity index (χ3n) is 4.57. The van der Waals surface area contributed by atoms with E-state index in [0.717, 1.165) is 24.2 Å². The number of ether oxygens (including phenoxy) is 1. The predicted molar refractivity (Wildman–Crippen MR) is 93.9 cm³/mol. The van der Waals surface area contributed by atoms with Gasteiger partial charge >= 0.3 is 0 Å². The van der Waals surface area contributed by atoms with Gasteiger partial charge in [0.15, 0.2) is 0 Å². The van der Waals surface area contributed by atoms with Crippen LogP contribution in [0.2, 0.25) is 0 Å². The molecule has 0 aliphatic carbocycles. The van der Waals surface area contributed by atoms with Crippen molar-refractivity contribution in [3.05, 3.63) is 29.8 Å². The fourth-order valence-corrected chi connectivity index (χ4v) is 3.18. The highest BCUT2D eigenvalue weighted by atomic mass is 16.5. The van der Waals surface area contributed by atoms with Gasteiger partial charge in [0.1, 0.15) is 12.4 Å². The molecule has 1 aromatic rings. The molecular formula is C19H28N2O3. The number of nitrogens with one attached hydrogen (secondary N) is 1. The summed E-state index contributed by atoms with van der Waals surface area (Å²) >= 11 is 0. The Hall–Kier alpha value is -2.04. The molecule has 2 amide bonds. The third-order valence-corrected chi connectivity index (χ3v) is 4.57. The van der Waals surface area contributed by atoms with Gasteiger partial charge in [-0.05, 0) is 37.5 Å². The Morgan fingerprint density at radius 3 is 2.79 bits per heavy atom. The summed E-state index contributed by atoms with van der Waals surface area (Å²) in [6.07, 6.45) is 2.18. The molecule has 1 atom stereocenters. The number of rotatable bonds is 8. The van der Waals surface area contributed by atoms with E-state index in [0.29, 0.717) is 26.1 Å². The molecular weight excluding hydrogens is 304 g/mol. The Balaban J connectivity index is 1.74. The van der Waals surface area contributed by atoms with Crippen molar-refractivity contribution in [2.24, 2.45) is 5.92 Å². The van der Waals surface area contributed by atoms with E-state index in [2.05, 4.69) is 19.2 Å². The van der Waals surface area contributed by atoms with Gasteiger partial charge in [-0.15, -0.1) is 0 Å². The highest BCUT2D eigenvalue weighted by Gasteiger charge is 2.36. The van der Waals surface area contributed by atoms with Crippen LogP contribution in [0.25, 0.3) is 0 Å². The Kier molecular flexibility index (Phi) is 6.64. The Morgan fingerprint density at radius 1 is 1.38 bits per heavy atom. The van der Waals surface area contributed by atoms with Gasteiger partial charge in [0.05, 0.1) is 12.5 Å². The molecule has 0 spiro atoms. The van der Waals surface area contributed by atoms with Crippen LogP contribution in [0.1, 0.15) is 38.7 Å². The molecule has 5 nitrogen and oxygen atoms in total. The number of hydrogen-bond acceptors (Lipinski definition) is 3. The molecule has 132 valence electrons. The number of benzene rings is 1. The van der Waals surface area contributed by atoms with E-state index in [1.165, 1.54) is 0 Å². The summed E-state index contributed by atoms with van der Waals surface area (Å²) in [5.41, 5.74) is 1.14. The molecule has 0 saturated carbocycles. The SMILES string of the molecule is CCC(CC)N1CC(C(=O)NCCOc2cccc(C)c2)CC1=O. The molecule has 1 unspecified atom stereocenters. The number of carbonyl (C=O) groups excluding carboxylic acids is 2. The second-order valence-corrected chi connectivity index (χ2v) is 6.37. The molecule has 1 heterocycles. The number of nitrogens with zero attached hydrogens (tertiary/aromatic N) is 1. The average molecular weight is 332 g/mol. The molecule has 1 saturated heterocycles. The molecule has 0 bridgehead atoms. The van der Waals surface area contributed by atoms with Crippen LogP contribution >= 0.6 is 0 Å². The normalized spacial score (nSPS) is 17.4. The van der Waals surface area contributed by atoms with Gasteiger partial charge in [0.25, 0.3) is 0 Å². The molecule has 1 aromatic carbocycles. The quantitative estimate of drug-likeness (QED) is 0.744. The second kappa shape index (κ2) is 8.71. The lowest BCUT2D eigenvalue weighted by Gasteiger charge is -2.26. The van der Waals surface area contributed by atoms with Gasteiger partial charge in [-0.3, -0.25) is 9.59 Å². The highest BCUT2D eigenvalue weighted by Crippen LogP contribution is 2.23. The topological polar surface area (TPSA) is 58.6 Å². The zero-order chi connectivity index (χ0) is 17.5. The van der Waals surface area contributed by atoms with Gasteiger partial charge in [-0.2, -0.15) is 0 Å². The molecule has 1 aliphatic rings. The maximum atomic E-state index is 12.3. The van der Waals surface area contributed by atoms with Crippen molar-refractivity contribution in [1.29, 1.82) is 0 Å². The van der Waals surface area contributed by atoms with Crippen molar-refractivity contribution >= 4 is 11.8 Å². The van der Waals surface area contributed by atoms with Gasteiger partial charge in [-0.1, -0.05) is 26.0 Å². The van der Waals surface area contributed by atoms with Crippen LogP contribution in [0.15, 0.2) is 24.3 Å². The van der Waals surface area contributed by atoms with Crippen LogP contribution < -0.4 is 10.1 Å². The minimum atomic E-state index is -0.239. The average Bonchev–Trinajstić information content (AvgIpc) is 2.95. The van der Waals surface area contributed by atoms with Gasteiger partial charge in [0, 0.05) is 19.0 Å². The molecule has 5 heteroatoms. The van der Waals surface area contributed by atoms with Crippen LogP contribution in [0.3, 0.4) is 0 Å². The first-order chi connectivity index (χ1) is 11.5. The number of likely N-dealkylation sites (tertiary alicyclic amines) is 1. The van der Waals surface area contributed by atoms with Crippen molar-refractivity contribution < 1.29 is 14.3 Å². The fraction of sp³-hybridized carbons (Fsp3) is 0.579. The Bertz CT molecular complexity index is 569. The van der Waals surface area contributed by atoms with Gasteiger partial charge < -0.3 is 15.0 Å². The lowest BCUT2D eigenvalue weighted by atomic mass is 10.1.